The fourth-order valence-electron chi connectivity index (χ4n) is 6.57. The topological polar surface area (TPSA) is 131 Å². The molecule has 0 fully saturated rings. The first kappa shape index (κ1) is 21.6. The lowest BCUT2D eigenvalue weighted by atomic mass is 9.50. The Bertz CT molecular complexity index is 1430. The van der Waals surface area contributed by atoms with E-state index in [9.17, 15) is 14.7 Å². The van der Waals surface area contributed by atoms with E-state index in [0.29, 0.717) is 11.3 Å². The molecule has 6 rings (SSSR count). The minimum atomic E-state index is -2.15. The number of nitrogen functional groups attached to an aromatic ring is 1. The third-order valence-corrected chi connectivity index (χ3v) is 8.01. The molecule has 1 amide bonds. The maximum atomic E-state index is 14.7. The van der Waals surface area contributed by atoms with Gasteiger partial charge in [-0.1, -0.05) is 62.4 Å². The Morgan fingerprint density at radius 1 is 1.20 bits per heavy atom. The number of hydrogen-bond donors (Lipinski definition) is 3. The van der Waals surface area contributed by atoms with Gasteiger partial charge in [-0.2, -0.15) is 5.10 Å². The van der Waals surface area contributed by atoms with E-state index in [1.165, 1.54) is 0 Å². The van der Waals surface area contributed by atoms with Crippen LogP contribution in [0.1, 0.15) is 46.8 Å². The molecule has 0 saturated carbocycles. The minimum Gasteiger partial charge on any atom is -0.456 e. The van der Waals surface area contributed by atoms with Crippen LogP contribution >= 0.6 is 0 Å². The highest BCUT2D eigenvalue weighted by molar-refractivity contribution is 6.43. The van der Waals surface area contributed by atoms with Gasteiger partial charge in [-0.15, -0.1) is 0 Å². The highest BCUT2D eigenvalue weighted by Crippen LogP contribution is 2.70. The Labute approximate surface area is 202 Å². The summed E-state index contributed by atoms with van der Waals surface area (Å²) in [5.41, 5.74) is 11.1. The number of Topliss-reactive ketones (excluding diaryl/α,β-unsaturated/α-hetero) is 1. The van der Waals surface area contributed by atoms with Crippen LogP contribution < -0.4 is 16.2 Å². The van der Waals surface area contributed by atoms with Crippen molar-refractivity contribution in [2.45, 2.75) is 37.0 Å². The van der Waals surface area contributed by atoms with Crippen LogP contribution in [0.2, 0.25) is 0 Å². The van der Waals surface area contributed by atoms with Crippen molar-refractivity contribution in [2.24, 2.45) is 16.3 Å². The molecule has 5 N–H and O–H groups in total. The van der Waals surface area contributed by atoms with Gasteiger partial charge in [-0.25, -0.2) is 0 Å². The second-order valence-electron chi connectivity index (χ2n) is 9.95. The van der Waals surface area contributed by atoms with Gasteiger partial charge in [-0.05, 0) is 23.6 Å². The van der Waals surface area contributed by atoms with E-state index in [2.05, 4.69) is 18.9 Å². The molecule has 4 atom stereocenters. The molecule has 0 bridgehead atoms. The van der Waals surface area contributed by atoms with E-state index in [1.807, 2.05) is 30.4 Å². The smallest absolute Gasteiger partial charge is 0.265 e. The van der Waals surface area contributed by atoms with E-state index in [0.717, 1.165) is 5.56 Å². The zero-order valence-electron chi connectivity index (χ0n) is 19.6. The number of primary amides is 1. The van der Waals surface area contributed by atoms with Crippen LogP contribution in [0.4, 0.5) is 5.69 Å². The molecular weight excluding hydrogens is 444 g/mol. The molecule has 0 spiro atoms. The molecule has 2 aliphatic heterocycles. The van der Waals surface area contributed by atoms with Crippen molar-refractivity contribution in [3.05, 3.63) is 83.0 Å². The summed E-state index contributed by atoms with van der Waals surface area (Å²) in [6.07, 6.45) is 7.19. The summed E-state index contributed by atoms with van der Waals surface area (Å²) >= 11 is 0. The number of aliphatic hydroxyl groups is 1. The van der Waals surface area contributed by atoms with Crippen molar-refractivity contribution >= 4 is 23.1 Å². The van der Waals surface area contributed by atoms with Crippen molar-refractivity contribution < 1.29 is 19.4 Å². The molecule has 4 aliphatic rings. The normalized spacial score (nSPS) is 31.7. The number of nitrogens with zero attached hydrogens (tertiary/aromatic N) is 2. The second kappa shape index (κ2) is 6.60. The number of ketones is 1. The van der Waals surface area contributed by atoms with E-state index in [-0.39, 0.29) is 28.4 Å². The fraction of sp³-hybridized carbons (Fsp3) is 0.296. The Balaban J connectivity index is 1.78. The van der Waals surface area contributed by atoms with E-state index < -0.39 is 34.3 Å². The zero-order valence-corrected chi connectivity index (χ0v) is 19.6. The highest BCUT2D eigenvalue weighted by atomic mass is 16.6. The molecule has 2 aromatic carbocycles. The van der Waals surface area contributed by atoms with Crippen LogP contribution in [-0.2, 0) is 16.0 Å². The van der Waals surface area contributed by atoms with Gasteiger partial charge in [0, 0.05) is 23.9 Å². The van der Waals surface area contributed by atoms with Crippen molar-refractivity contribution in [1.29, 1.82) is 0 Å². The standard InChI is InChI=1S/C27H26N4O4/c1-14(2)15-10-11-16-19(13-15)35-27(34)17-7-6-8-18(28)21(17)23(32)26(16,27)25-12-5-4-9-20(25)31(3)30-22(25)24(29)33/h4-14,20,34H,28H2,1-3H3,(H2,29,33). The Hall–Kier alpha value is -3.91. The number of nitrogens with two attached hydrogens (primary N) is 2. The number of anilines is 1. The van der Waals surface area contributed by atoms with E-state index >= 15 is 0 Å². The number of rotatable bonds is 3. The lowest BCUT2D eigenvalue weighted by Crippen LogP contribution is -2.67. The van der Waals surface area contributed by atoms with Gasteiger partial charge in [0.2, 0.25) is 0 Å². The lowest BCUT2D eigenvalue weighted by molar-refractivity contribution is -0.181. The Morgan fingerprint density at radius 2 is 1.97 bits per heavy atom. The molecule has 178 valence electrons. The summed E-state index contributed by atoms with van der Waals surface area (Å²) in [5, 5.41) is 18.7. The molecule has 2 aliphatic carbocycles. The van der Waals surface area contributed by atoms with Crippen LogP contribution in [0.15, 0.2) is 65.8 Å². The zero-order chi connectivity index (χ0) is 24.9. The van der Waals surface area contributed by atoms with Gasteiger partial charge in [-0.3, -0.25) is 14.6 Å². The van der Waals surface area contributed by atoms with Crippen LogP contribution in [0, 0.1) is 5.41 Å². The predicted molar refractivity (Wildman–Crippen MR) is 131 cm³/mol. The van der Waals surface area contributed by atoms with Crippen LogP contribution in [-0.4, -0.2) is 40.6 Å². The van der Waals surface area contributed by atoms with Crippen molar-refractivity contribution in [2.75, 3.05) is 12.8 Å². The maximum absolute atomic E-state index is 14.7. The summed E-state index contributed by atoms with van der Waals surface area (Å²) in [6.45, 7) is 4.10. The average molecular weight is 471 g/mol. The maximum Gasteiger partial charge on any atom is 0.265 e. The summed E-state index contributed by atoms with van der Waals surface area (Å²) in [5.74, 6) is -2.78. The fourth-order valence-corrected chi connectivity index (χ4v) is 6.57. The third-order valence-electron chi connectivity index (χ3n) is 8.01. The minimum absolute atomic E-state index is 0.0202. The monoisotopic (exact) mass is 470 g/mol. The van der Waals surface area contributed by atoms with Crippen molar-refractivity contribution in [3.8, 4) is 5.75 Å². The third kappa shape index (κ3) is 2.19. The summed E-state index contributed by atoms with van der Waals surface area (Å²) in [7, 11) is 1.72. The van der Waals surface area contributed by atoms with Crippen molar-refractivity contribution in [1.82, 2.24) is 5.01 Å². The number of likely N-dealkylation sites (N-methyl/N-ethyl adjacent to an activating group) is 1. The van der Waals surface area contributed by atoms with Crippen molar-refractivity contribution in [3.63, 3.8) is 0 Å². The molecule has 0 saturated heterocycles. The van der Waals surface area contributed by atoms with Crippen LogP contribution in [0.25, 0.3) is 0 Å². The molecule has 0 radical (unpaired) electrons. The van der Waals surface area contributed by atoms with Gasteiger partial charge in [0.1, 0.15) is 16.9 Å². The molecule has 8 nitrogen and oxygen atoms in total. The summed E-state index contributed by atoms with van der Waals surface area (Å²) in [6, 6.07) is 9.95. The number of carbonyl (C=O) groups excluding carboxylic acids is 2. The summed E-state index contributed by atoms with van der Waals surface area (Å²) in [4.78, 5) is 27.6. The molecule has 2 heterocycles. The molecule has 4 unspecified atom stereocenters. The number of allylic oxidation sites excluding steroid dienone is 2. The first-order valence-electron chi connectivity index (χ1n) is 11.6. The van der Waals surface area contributed by atoms with Gasteiger partial charge in [0.15, 0.2) is 5.78 Å². The molecule has 2 aromatic rings. The molecular formula is C27H26N4O4. The predicted octanol–water partition coefficient (Wildman–Crippen LogP) is 2.33. The molecule has 8 heteroatoms. The first-order valence-corrected chi connectivity index (χ1v) is 11.6. The second-order valence-corrected chi connectivity index (χ2v) is 9.95. The number of hydrazone groups is 1. The quantitative estimate of drug-likeness (QED) is 0.590. The Kier molecular flexibility index (Phi) is 4.08. The number of benzene rings is 2. The molecule has 0 aromatic heterocycles. The van der Waals surface area contributed by atoms with Gasteiger partial charge >= 0.3 is 0 Å². The average Bonchev–Trinajstić information content (AvgIpc) is 3.35. The van der Waals surface area contributed by atoms with Crippen LogP contribution in [0.3, 0.4) is 0 Å². The largest absolute Gasteiger partial charge is 0.456 e. The molecule has 35 heavy (non-hydrogen) atoms. The number of ether oxygens (including phenoxy) is 1. The first-order chi connectivity index (χ1) is 16.6. The number of amides is 1. The van der Waals surface area contributed by atoms with Gasteiger partial charge in [0.25, 0.3) is 11.7 Å². The lowest BCUT2D eigenvalue weighted by Gasteiger charge is -2.49. The van der Waals surface area contributed by atoms with E-state index in [4.69, 9.17) is 16.2 Å². The van der Waals surface area contributed by atoms with Gasteiger partial charge < -0.3 is 21.3 Å². The van der Waals surface area contributed by atoms with E-state index in [1.54, 1.807) is 42.4 Å². The highest BCUT2D eigenvalue weighted by Gasteiger charge is 2.82. The number of carbonyl (C=O) groups is 2. The summed E-state index contributed by atoms with van der Waals surface area (Å²) < 4.78 is 6.38. The van der Waals surface area contributed by atoms with Gasteiger partial charge in [0.05, 0.1) is 17.0 Å². The van der Waals surface area contributed by atoms with Crippen LogP contribution in [0.5, 0.6) is 5.75 Å². The number of hydrogen-bond acceptors (Lipinski definition) is 7. The SMILES string of the molecule is CC(C)c1ccc2c(c1)OC1(O)c3cccc(N)c3C(=O)C21C12C=CC=CC1N(C)N=C2C(N)=O. The number of fused-ring (bicyclic) bond motifs is 7. The Morgan fingerprint density at radius 3 is 2.69 bits per heavy atom.